The lowest BCUT2D eigenvalue weighted by Crippen LogP contribution is -2.41. The number of nitrogens with zero attached hydrogens (tertiary/aromatic N) is 1. The van der Waals surface area contributed by atoms with Gasteiger partial charge in [0.05, 0.1) is 6.54 Å². The molecular weight excluding hydrogens is 262 g/mol. The molecule has 3 nitrogen and oxygen atoms in total. The number of Topliss-reactive ketones (excluding diaryl/α,β-unsaturated/α-hetero) is 1. The molecule has 0 saturated carbocycles. The summed E-state index contributed by atoms with van der Waals surface area (Å²) in [6, 6.07) is 8.65. The topological polar surface area (TPSA) is 29.5 Å². The van der Waals surface area contributed by atoms with E-state index in [-0.39, 0.29) is 17.3 Å². The number of hydrogen-bond donors (Lipinski definition) is 0. The highest BCUT2D eigenvalue weighted by Crippen LogP contribution is 2.57. The molecule has 0 aromatic heterocycles. The predicted molar refractivity (Wildman–Crippen MR) is 82.4 cm³/mol. The quantitative estimate of drug-likeness (QED) is 0.782. The highest BCUT2D eigenvalue weighted by Gasteiger charge is 2.67. The van der Waals surface area contributed by atoms with Crippen LogP contribution in [0.5, 0.6) is 0 Å². The smallest absolute Gasteiger partial charge is 0.165 e. The van der Waals surface area contributed by atoms with Crippen molar-refractivity contribution in [2.75, 3.05) is 18.0 Å². The summed E-state index contributed by atoms with van der Waals surface area (Å²) in [4.78, 5) is 14.5. The average molecular weight is 283 g/mol. The Bertz CT molecular complexity index is 635. The Morgan fingerprint density at radius 1 is 1.29 bits per heavy atom. The van der Waals surface area contributed by atoms with Gasteiger partial charge in [-0.1, -0.05) is 30.7 Å². The highest BCUT2D eigenvalue weighted by molar-refractivity contribution is 5.89. The number of ketones is 1. The summed E-state index contributed by atoms with van der Waals surface area (Å²) >= 11 is 0. The number of carbonyl (C=O) groups excluding carboxylic acids is 1. The molecule has 1 aromatic carbocycles. The minimum absolute atomic E-state index is 0.138. The summed E-state index contributed by atoms with van der Waals surface area (Å²) in [7, 11) is 0. The van der Waals surface area contributed by atoms with Crippen molar-refractivity contribution in [3.63, 3.8) is 0 Å². The summed E-state index contributed by atoms with van der Waals surface area (Å²) in [5.41, 5.74) is 1.59. The predicted octanol–water partition coefficient (Wildman–Crippen LogP) is 2.73. The normalized spacial score (nSPS) is 39.9. The second-order valence-corrected chi connectivity index (χ2v) is 6.85. The Morgan fingerprint density at radius 2 is 2.00 bits per heavy atom. The molecule has 4 rings (SSSR count). The van der Waals surface area contributed by atoms with Crippen molar-refractivity contribution in [1.82, 2.24) is 0 Å². The molecule has 0 aliphatic carbocycles. The molecule has 0 amide bonds. The lowest BCUT2D eigenvalue weighted by atomic mass is 9.72. The van der Waals surface area contributed by atoms with Crippen LogP contribution in [0.25, 0.3) is 0 Å². The third-order valence-electron chi connectivity index (χ3n) is 5.68. The van der Waals surface area contributed by atoms with Crippen LogP contribution in [0.3, 0.4) is 0 Å². The van der Waals surface area contributed by atoms with Gasteiger partial charge in [-0.15, -0.1) is 0 Å². The van der Waals surface area contributed by atoms with Crippen LogP contribution in [0.1, 0.15) is 19.4 Å². The van der Waals surface area contributed by atoms with Gasteiger partial charge in [0.15, 0.2) is 5.78 Å². The number of hydrogen-bond acceptors (Lipinski definition) is 3. The standard InChI is InChI=1S/C18H21NO2/c1-12-4-6-15(7-5-12)19-10-16-13(2)18(14(3)20)9-8-17(16,11-19)21-18/h4-9,13,16H,10-11H2,1-3H3. The first-order valence-corrected chi connectivity index (χ1v) is 7.70. The second kappa shape index (κ2) is 3.98. The van der Waals surface area contributed by atoms with E-state index in [4.69, 9.17) is 4.74 Å². The van der Waals surface area contributed by atoms with Crippen molar-refractivity contribution in [2.45, 2.75) is 32.0 Å². The lowest BCUT2D eigenvalue weighted by molar-refractivity contribution is -0.138. The van der Waals surface area contributed by atoms with Crippen LogP contribution in [0.2, 0.25) is 0 Å². The number of rotatable bonds is 2. The van der Waals surface area contributed by atoms with Crippen LogP contribution in [-0.4, -0.2) is 30.1 Å². The SMILES string of the molecule is CC(=O)C12C=CC3(CN(c4ccc(C)cc4)CC3C1C)O2. The van der Waals surface area contributed by atoms with Gasteiger partial charge in [-0.3, -0.25) is 4.79 Å². The summed E-state index contributed by atoms with van der Waals surface area (Å²) in [5, 5.41) is 0. The molecule has 1 aromatic rings. The van der Waals surface area contributed by atoms with Crippen molar-refractivity contribution in [2.24, 2.45) is 11.8 Å². The largest absolute Gasteiger partial charge is 0.368 e. The molecule has 2 saturated heterocycles. The Labute approximate surface area is 125 Å². The summed E-state index contributed by atoms with van der Waals surface area (Å²) in [6.07, 6.45) is 4.16. The first-order valence-electron chi connectivity index (χ1n) is 7.70. The molecule has 0 N–H and O–H groups in total. The number of fused-ring (bicyclic) bond motifs is 1. The highest BCUT2D eigenvalue weighted by atomic mass is 16.5. The van der Waals surface area contributed by atoms with Gasteiger partial charge in [0.2, 0.25) is 0 Å². The summed E-state index contributed by atoms with van der Waals surface area (Å²) in [5.74, 6) is 0.780. The van der Waals surface area contributed by atoms with Crippen LogP contribution >= 0.6 is 0 Å². The van der Waals surface area contributed by atoms with Gasteiger partial charge in [-0.05, 0) is 32.1 Å². The van der Waals surface area contributed by atoms with Crippen LogP contribution in [-0.2, 0) is 9.53 Å². The van der Waals surface area contributed by atoms with Crippen LogP contribution in [0.4, 0.5) is 5.69 Å². The Hall–Kier alpha value is -1.61. The van der Waals surface area contributed by atoms with Gasteiger partial charge >= 0.3 is 0 Å². The van der Waals surface area contributed by atoms with Gasteiger partial charge in [-0.25, -0.2) is 0 Å². The molecule has 21 heavy (non-hydrogen) atoms. The van der Waals surface area contributed by atoms with E-state index in [1.54, 1.807) is 6.92 Å². The first-order chi connectivity index (χ1) is 9.97. The minimum Gasteiger partial charge on any atom is -0.368 e. The van der Waals surface area contributed by atoms with Crippen LogP contribution < -0.4 is 4.90 Å². The molecule has 4 atom stereocenters. The fourth-order valence-electron chi connectivity index (χ4n) is 4.39. The Balaban J connectivity index is 1.65. The Kier molecular flexibility index (Phi) is 2.48. The van der Waals surface area contributed by atoms with Crippen LogP contribution in [0, 0.1) is 18.8 Å². The first kappa shape index (κ1) is 13.1. The third kappa shape index (κ3) is 1.55. The molecular formula is C18H21NO2. The fourth-order valence-corrected chi connectivity index (χ4v) is 4.39. The van der Waals surface area contributed by atoms with Crippen LogP contribution in [0.15, 0.2) is 36.4 Å². The molecule has 1 spiro atoms. The van der Waals surface area contributed by atoms with Crippen molar-refractivity contribution in [3.8, 4) is 0 Å². The van der Waals surface area contributed by atoms with Gasteiger partial charge in [0, 0.05) is 24.1 Å². The van der Waals surface area contributed by atoms with E-state index in [1.165, 1.54) is 11.3 Å². The van der Waals surface area contributed by atoms with Crippen molar-refractivity contribution < 1.29 is 9.53 Å². The molecule has 3 heterocycles. The molecule has 3 aliphatic heterocycles. The van der Waals surface area contributed by atoms with E-state index >= 15 is 0 Å². The van der Waals surface area contributed by atoms with Gasteiger partial charge in [0.1, 0.15) is 11.2 Å². The summed E-state index contributed by atoms with van der Waals surface area (Å²) < 4.78 is 6.32. The maximum absolute atomic E-state index is 12.1. The number of aryl methyl sites for hydroxylation is 1. The van der Waals surface area contributed by atoms with E-state index < -0.39 is 5.60 Å². The van der Waals surface area contributed by atoms with Crippen molar-refractivity contribution >= 4 is 11.5 Å². The maximum atomic E-state index is 12.1. The van der Waals surface area contributed by atoms with Crippen molar-refractivity contribution in [3.05, 3.63) is 42.0 Å². The summed E-state index contributed by atoms with van der Waals surface area (Å²) in [6.45, 7) is 7.72. The monoisotopic (exact) mass is 283 g/mol. The van der Waals surface area contributed by atoms with Gasteiger partial charge in [0.25, 0.3) is 0 Å². The zero-order valence-electron chi connectivity index (χ0n) is 12.8. The van der Waals surface area contributed by atoms with Crippen molar-refractivity contribution in [1.29, 1.82) is 0 Å². The van der Waals surface area contributed by atoms with Gasteiger partial charge in [-0.2, -0.15) is 0 Å². The van der Waals surface area contributed by atoms with E-state index in [2.05, 4.69) is 49.1 Å². The number of anilines is 1. The molecule has 2 fully saturated rings. The molecule has 0 radical (unpaired) electrons. The fraction of sp³-hybridized carbons (Fsp3) is 0.500. The maximum Gasteiger partial charge on any atom is 0.165 e. The third-order valence-corrected chi connectivity index (χ3v) is 5.68. The molecule has 4 unspecified atom stereocenters. The zero-order valence-corrected chi connectivity index (χ0v) is 12.8. The number of ether oxygens (including phenoxy) is 1. The molecule has 110 valence electrons. The zero-order chi connectivity index (χ0) is 14.8. The number of carbonyl (C=O) groups is 1. The number of benzene rings is 1. The van der Waals surface area contributed by atoms with E-state index in [0.717, 1.165) is 13.1 Å². The lowest BCUT2D eigenvalue weighted by Gasteiger charge is -2.29. The molecule has 3 heteroatoms. The average Bonchev–Trinajstić information content (AvgIpc) is 3.08. The van der Waals surface area contributed by atoms with E-state index in [1.807, 2.05) is 6.08 Å². The minimum atomic E-state index is -0.663. The molecule has 3 aliphatic rings. The molecule has 2 bridgehead atoms. The second-order valence-electron chi connectivity index (χ2n) is 6.85. The van der Waals surface area contributed by atoms with Gasteiger partial charge < -0.3 is 9.64 Å². The van der Waals surface area contributed by atoms with E-state index in [0.29, 0.717) is 5.92 Å². The Morgan fingerprint density at radius 3 is 2.62 bits per heavy atom. The van der Waals surface area contributed by atoms with E-state index in [9.17, 15) is 4.79 Å².